The van der Waals surface area contributed by atoms with Crippen LogP contribution in [0, 0.1) is 11.8 Å². The van der Waals surface area contributed by atoms with E-state index >= 15 is 0 Å². The Kier molecular flexibility index (Phi) is 5.50. The average Bonchev–Trinajstić information content (AvgIpc) is 3.21. The Bertz CT molecular complexity index is 237. The molecule has 2 heteroatoms. The van der Waals surface area contributed by atoms with Crippen molar-refractivity contribution in [2.24, 2.45) is 11.8 Å². The van der Waals surface area contributed by atoms with E-state index in [2.05, 4.69) is 31.1 Å². The maximum Gasteiger partial charge on any atom is 0.0251 e. The standard InChI is InChI=1S/C16H32N2/c1-4-10-18(12-14-6-7-14)16-11-13(5-2)8-9-15(16)17-3/h13-17H,4-12H2,1-3H3. The highest BCUT2D eigenvalue weighted by atomic mass is 15.2. The predicted octanol–water partition coefficient (Wildman–Crippen LogP) is 3.28. The Balaban J connectivity index is 1.97. The summed E-state index contributed by atoms with van der Waals surface area (Å²) in [5.41, 5.74) is 0. The number of nitrogens with zero attached hydrogens (tertiary/aromatic N) is 1. The van der Waals surface area contributed by atoms with Crippen molar-refractivity contribution in [1.82, 2.24) is 10.2 Å². The highest BCUT2D eigenvalue weighted by Gasteiger charge is 2.35. The molecule has 2 fully saturated rings. The van der Waals surface area contributed by atoms with Gasteiger partial charge in [0.25, 0.3) is 0 Å². The normalized spacial score (nSPS) is 33.0. The molecule has 0 aromatic carbocycles. The van der Waals surface area contributed by atoms with E-state index in [1.807, 2.05) is 0 Å². The Labute approximate surface area is 114 Å². The van der Waals surface area contributed by atoms with Crippen molar-refractivity contribution in [1.29, 1.82) is 0 Å². The van der Waals surface area contributed by atoms with Crippen molar-refractivity contribution in [3.63, 3.8) is 0 Å². The fourth-order valence-electron chi connectivity index (χ4n) is 3.65. The Hall–Kier alpha value is -0.0800. The van der Waals surface area contributed by atoms with Gasteiger partial charge in [0.15, 0.2) is 0 Å². The highest BCUT2D eigenvalue weighted by molar-refractivity contribution is 4.92. The molecule has 0 bridgehead atoms. The van der Waals surface area contributed by atoms with E-state index in [0.29, 0.717) is 0 Å². The zero-order valence-electron chi connectivity index (χ0n) is 12.6. The predicted molar refractivity (Wildman–Crippen MR) is 78.9 cm³/mol. The molecule has 0 spiro atoms. The lowest BCUT2D eigenvalue weighted by Gasteiger charge is -2.43. The molecule has 2 aliphatic carbocycles. The fraction of sp³-hybridized carbons (Fsp3) is 1.00. The average molecular weight is 252 g/mol. The lowest BCUT2D eigenvalue weighted by Crippen LogP contribution is -2.53. The molecule has 3 unspecified atom stereocenters. The van der Waals surface area contributed by atoms with E-state index in [0.717, 1.165) is 23.9 Å². The van der Waals surface area contributed by atoms with Crippen molar-refractivity contribution in [2.45, 2.75) is 70.9 Å². The molecule has 1 N–H and O–H groups in total. The minimum atomic E-state index is 0.734. The summed E-state index contributed by atoms with van der Waals surface area (Å²) >= 11 is 0. The molecule has 0 radical (unpaired) electrons. The summed E-state index contributed by atoms with van der Waals surface area (Å²) in [5.74, 6) is 1.99. The Morgan fingerprint density at radius 1 is 1.06 bits per heavy atom. The highest BCUT2D eigenvalue weighted by Crippen LogP contribution is 2.34. The molecule has 0 aliphatic heterocycles. The maximum absolute atomic E-state index is 3.59. The van der Waals surface area contributed by atoms with Gasteiger partial charge in [-0.05, 0) is 64.0 Å². The van der Waals surface area contributed by atoms with Crippen molar-refractivity contribution in [2.75, 3.05) is 20.1 Å². The summed E-state index contributed by atoms with van der Waals surface area (Å²) in [7, 11) is 2.16. The van der Waals surface area contributed by atoms with Crippen molar-refractivity contribution < 1.29 is 0 Å². The van der Waals surface area contributed by atoms with Crippen LogP contribution in [0.1, 0.15) is 58.8 Å². The number of rotatable bonds is 7. The minimum Gasteiger partial charge on any atom is -0.315 e. The molecule has 0 aromatic rings. The first-order chi connectivity index (χ1) is 8.78. The van der Waals surface area contributed by atoms with E-state index in [9.17, 15) is 0 Å². The zero-order chi connectivity index (χ0) is 13.0. The number of hydrogen-bond acceptors (Lipinski definition) is 2. The molecule has 0 amide bonds. The van der Waals surface area contributed by atoms with Crippen LogP contribution in [0.4, 0.5) is 0 Å². The van der Waals surface area contributed by atoms with Crippen LogP contribution >= 0.6 is 0 Å². The lowest BCUT2D eigenvalue weighted by atomic mass is 9.80. The monoisotopic (exact) mass is 252 g/mol. The van der Waals surface area contributed by atoms with Gasteiger partial charge in [-0.2, -0.15) is 0 Å². The molecule has 0 saturated heterocycles. The van der Waals surface area contributed by atoms with E-state index in [4.69, 9.17) is 0 Å². The molecular weight excluding hydrogens is 220 g/mol. The molecule has 18 heavy (non-hydrogen) atoms. The molecule has 3 atom stereocenters. The van der Waals surface area contributed by atoms with E-state index in [1.54, 1.807) is 0 Å². The molecule has 2 aliphatic rings. The van der Waals surface area contributed by atoms with Gasteiger partial charge in [-0.25, -0.2) is 0 Å². The minimum absolute atomic E-state index is 0.734. The van der Waals surface area contributed by atoms with Crippen LogP contribution in [0.25, 0.3) is 0 Å². The van der Waals surface area contributed by atoms with Crippen LogP contribution in [0.2, 0.25) is 0 Å². The van der Waals surface area contributed by atoms with Gasteiger partial charge >= 0.3 is 0 Å². The van der Waals surface area contributed by atoms with Gasteiger partial charge in [0.2, 0.25) is 0 Å². The van der Waals surface area contributed by atoms with Crippen molar-refractivity contribution in [3.8, 4) is 0 Å². The summed E-state index contributed by atoms with van der Waals surface area (Å²) in [6.45, 7) is 7.36. The third-order valence-corrected chi connectivity index (χ3v) is 5.04. The third-order valence-electron chi connectivity index (χ3n) is 5.04. The molecule has 2 rings (SSSR count). The van der Waals surface area contributed by atoms with Crippen LogP contribution in [0.3, 0.4) is 0 Å². The Morgan fingerprint density at radius 3 is 2.33 bits per heavy atom. The van der Waals surface area contributed by atoms with Gasteiger partial charge in [-0.1, -0.05) is 20.3 Å². The molecular formula is C16H32N2. The van der Waals surface area contributed by atoms with Crippen molar-refractivity contribution >= 4 is 0 Å². The van der Waals surface area contributed by atoms with Gasteiger partial charge in [0.1, 0.15) is 0 Å². The van der Waals surface area contributed by atoms with Crippen molar-refractivity contribution in [3.05, 3.63) is 0 Å². The number of likely N-dealkylation sites (N-methyl/N-ethyl adjacent to an activating group) is 1. The van der Waals surface area contributed by atoms with Crippen LogP contribution in [-0.2, 0) is 0 Å². The van der Waals surface area contributed by atoms with Gasteiger partial charge in [0.05, 0.1) is 0 Å². The molecule has 106 valence electrons. The quantitative estimate of drug-likeness (QED) is 0.748. The topological polar surface area (TPSA) is 15.3 Å². The SMILES string of the molecule is CCCN(CC1CC1)C1CC(CC)CCC1NC. The summed E-state index contributed by atoms with van der Waals surface area (Å²) < 4.78 is 0. The van der Waals surface area contributed by atoms with Crippen LogP contribution in [0.5, 0.6) is 0 Å². The van der Waals surface area contributed by atoms with E-state index in [1.165, 1.54) is 58.0 Å². The second-order valence-corrected chi connectivity index (χ2v) is 6.49. The van der Waals surface area contributed by atoms with E-state index < -0.39 is 0 Å². The molecule has 2 nitrogen and oxygen atoms in total. The second kappa shape index (κ2) is 6.91. The first-order valence-corrected chi connectivity index (χ1v) is 8.19. The summed E-state index contributed by atoms with van der Waals surface area (Å²) in [6.07, 6.45) is 9.87. The molecule has 0 heterocycles. The van der Waals surface area contributed by atoms with Gasteiger partial charge in [0, 0.05) is 18.6 Å². The summed E-state index contributed by atoms with van der Waals surface area (Å²) in [5, 5.41) is 3.59. The van der Waals surface area contributed by atoms with Gasteiger partial charge in [-0.3, -0.25) is 4.90 Å². The largest absolute Gasteiger partial charge is 0.315 e. The van der Waals surface area contributed by atoms with Crippen LogP contribution in [-0.4, -0.2) is 37.1 Å². The molecule has 0 aromatic heterocycles. The van der Waals surface area contributed by atoms with Crippen LogP contribution < -0.4 is 5.32 Å². The molecule has 2 saturated carbocycles. The second-order valence-electron chi connectivity index (χ2n) is 6.49. The first kappa shape index (κ1) is 14.3. The maximum atomic E-state index is 3.59. The number of hydrogen-bond donors (Lipinski definition) is 1. The smallest absolute Gasteiger partial charge is 0.0251 e. The zero-order valence-corrected chi connectivity index (χ0v) is 12.6. The van der Waals surface area contributed by atoms with Gasteiger partial charge < -0.3 is 5.32 Å². The van der Waals surface area contributed by atoms with Gasteiger partial charge in [-0.15, -0.1) is 0 Å². The Morgan fingerprint density at radius 2 is 1.78 bits per heavy atom. The summed E-state index contributed by atoms with van der Waals surface area (Å²) in [4.78, 5) is 2.82. The van der Waals surface area contributed by atoms with Crippen LogP contribution in [0.15, 0.2) is 0 Å². The third kappa shape index (κ3) is 3.71. The lowest BCUT2D eigenvalue weighted by molar-refractivity contribution is 0.0938. The van der Waals surface area contributed by atoms with E-state index in [-0.39, 0.29) is 0 Å². The number of nitrogens with one attached hydrogen (secondary N) is 1. The summed E-state index contributed by atoms with van der Waals surface area (Å²) in [6, 6.07) is 1.53. The first-order valence-electron chi connectivity index (χ1n) is 8.19. The fourth-order valence-corrected chi connectivity index (χ4v) is 3.65.